The quantitative estimate of drug-likeness (QED) is 0.628. The van der Waals surface area contributed by atoms with Gasteiger partial charge in [-0.1, -0.05) is 55.7 Å². The van der Waals surface area contributed by atoms with E-state index in [2.05, 4.69) is 15.5 Å². The summed E-state index contributed by atoms with van der Waals surface area (Å²) in [6.45, 7) is 3.31. The van der Waals surface area contributed by atoms with Gasteiger partial charge in [0.1, 0.15) is 6.04 Å². The van der Waals surface area contributed by atoms with E-state index in [1.807, 2.05) is 41.8 Å². The second-order valence-electron chi connectivity index (χ2n) is 9.28. The molecule has 32 heavy (non-hydrogen) atoms. The lowest BCUT2D eigenvalue weighted by Gasteiger charge is -2.36. The van der Waals surface area contributed by atoms with Gasteiger partial charge in [0.25, 0.3) is 5.91 Å². The normalized spacial score (nSPS) is 19.4. The van der Waals surface area contributed by atoms with Gasteiger partial charge in [0, 0.05) is 32.1 Å². The van der Waals surface area contributed by atoms with Crippen LogP contribution in [0.5, 0.6) is 0 Å². The zero-order valence-electron chi connectivity index (χ0n) is 18.8. The fraction of sp³-hybridized carbons (Fsp3) is 0.538. The molecule has 6 heteroatoms. The Morgan fingerprint density at radius 2 is 1.72 bits per heavy atom. The highest BCUT2D eigenvalue weighted by molar-refractivity contribution is 7.12. The summed E-state index contributed by atoms with van der Waals surface area (Å²) in [6, 6.07) is 13.1. The predicted octanol–water partition coefficient (Wildman–Crippen LogP) is 4.25. The minimum Gasteiger partial charge on any atom is -0.351 e. The largest absolute Gasteiger partial charge is 0.351 e. The molecule has 2 aliphatic rings. The average Bonchev–Trinajstić information content (AvgIpc) is 3.36. The standard InChI is InChI=1S/C26H35N3O2S/c30-25(27-22-13-15-29(16-14-22)19-21-10-5-2-6-11-21)23(18-20-8-3-1-4-9-20)28-26(31)24-12-7-17-32-24/h1,3-4,7-9,12,17,21-23H,2,5-6,10-11,13-16,18-19H2,(H,27,30)(H,28,31). The smallest absolute Gasteiger partial charge is 0.262 e. The highest BCUT2D eigenvalue weighted by Gasteiger charge is 2.27. The number of thiophene rings is 1. The van der Waals surface area contributed by atoms with E-state index < -0.39 is 6.04 Å². The summed E-state index contributed by atoms with van der Waals surface area (Å²) < 4.78 is 0. The summed E-state index contributed by atoms with van der Waals surface area (Å²) >= 11 is 1.39. The van der Waals surface area contributed by atoms with Crippen molar-refractivity contribution in [3.05, 3.63) is 58.3 Å². The molecule has 1 aliphatic heterocycles. The van der Waals surface area contributed by atoms with Crippen molar-refractivity contribution in [3.8, 4) is 0 Å². The maximum atomic E-state index is 13.2. The third-order valence-corrected chi connectivity index (χ3v) is 7.69. The Bertz CT molecular complexity index is 841. The van der Waals surface area contributed by atoms with Gasteiger partial charge >= 0.3 is 0 Å². The van der Waals surface area contributed by atoms with Crippen molar-refractivity contribution in [3.63, 3.8) is 0 Å². The van der Waals surface area contributed by atoms with E-state index in [0.29, 0.717) is 11.3 Å². The summed E-state index contributed by atoms with van der Waals surface area (Å²) in [5.74, 6) is 0.598. The lowest BCUT2D eigenvalue weighted by Crippen LogP contribution is -2.53. The van der Waals surface area contributed by atoms with Crippen molar-refractivity contribution in [2.45, 2.75) is 63.5 Å². The molecular formula is C26H35N3O2S. The Labute approximate surface area is 195 Å². The first-order valence-corrected chi connectivity index (χ1v) is 13.0. The molecule has 172 valence electrons. The van der Waals surface area contributed by atoms with Gasteiger partial charge in [-0.05, 0) is 48.6 Å². The molecule has 0 spiro atoms. The van der Waals surface area contributed by atoms with Crippen LogP contribution in [0.3, 0.4) is 0 Å². The lowest BCUT2D eigenvalue weighted by atomic mass is 9.88. The molecule has 0 radical (unpaired) electrons. The van der Waals surface area contributed by atoms with E-state index in [9.17, 15) is 9.59 Å². The van der Waals surface area contributed by atoms with Crippen LogP contribution in [0.4, 0.5) is 0 Å². The van der Waals surface area contributed by atoms with E-state index in [-0.39, 0.29) is 17.9 Å². The van der Waals surface area contributed by atoms with Crippen LogP contribution in [0, 0.1) is 5.92 Å². The Kier molecular flexibility index (Phi) is 8.35. The first kappa shape index (κ1) is 23.0. The van der Waals surface area contributed by atoms with Gasteiger partial charge in [0.2, 0.25) is 5.91 Å². The maximum Gasteiger partial charge on any atom is 0.262 e. The first-order valence-electron chi connectivity index (χ1n) is 12.1. The van der Waals surface area contributed by atoms with Crippen LogP contribution in [0.2, 0.25) is 0 Å². The number of nitrogens with one attached hydrogen (secondary N) is 2. The van der Waals surface area contributed by atoms with Gasteiger partial charge in [0.15, 0.2) is 0 Å². The minimum absolute atomic E-state index is 0.0792. The molecule has 4 rings (SSSR count). The van der Waals surface area contributed by atoms with Crippen LogP contribution < -0.4 is 10.6 Å². The lowest BCUT2D eigenvalue weighted by molar-refractivity contribution is -0.124. The predicted molar refractivity (Wildman–Crippen MR) is 130 cm³/mol. The molecule has 0 bridgehead atoms. The molecular weight excluding hydrogens is 418 g/mol. The van der Waals surface area contributed by atoms with Gasteiger partial charge in [0.05, 0.1) is 4.88 Å². The highest BCUT2D eigenvalue weighted by Crippen LogP contribution is 2.25. The van der Waals surface area contributed by atoms with E-state index in [4.69, 9.17) is 0 Å². The number of nitrogens with zero attached hydrogens (tertiary/aromatic N) is 1. The Morgan fingerprint density at radius 1 is 0.969 bits per heavy atom. The van der Waals surface area contributed by atoms with Crippen molar-refractivity contribution in [1.29, 1.82) is 0 Å². The Balaban J connectivity index is 1.31. The molecule has 1 aromatic heterocycles. The number of piperidine rings is 1. The molecule has 5 nitrogen and oxygen atoms in total. The number of hydrogen-bond donors (Lipinski definition) is 2. The molecule has 1 atom stereocenters. The number of amides is 2. The SMILES string of the molecule is O=C(NC(Cc1ccccc1)C(=O)NC1CCN(CC2CCCCC2)CC1)c1cccs1. The van der Waals surface area contributed by atoms with Gasteiger partial charge < -0.3 is 15.5 Å². The second-order valence-corrected chi connectivity index (χ2v) is 10.2. The summed E-state index contributed by atoms with van der Waals surface area (Å²) in [6.07, 6.45) is 9.38. The van der Waals surface area contributed by atoms with Crippen molar-refractivity contribution >= 4 is 23.2 Å². The number of carbonyl (C=O) groups excluding carboxylic acids is 2. The molecule has 1 unspecified atom stereocenters. The topological polar surface area (TPSA) is 61.4 Å². The van der Waals surface area contributed by atoms with Gasteiger partial charge in [-0.3, -0.25) is 9.59 Å². The maximum absolute atomic E-state index is 13.2. The third kappa shape index (κ3) is 6.66. The average molecular weight is 454 g/mol. The van der Waals surface area contributed by atoms with Crippen molar-refractivity contribution < 1.29 is 9.59 Å². The number of hydrogen-bond acceptors (Lipinski definition) is 4. The molecule has 1 saturated carbocycles. The van der Waals surface area contributed by atoms with Gasteiger partial charge in [-0.25, -0.2) is 0 Å². The second kappa shape index (κ2) is 11.6. The summed E-state index contributed by atoms with van der Waals surface area (Å²) in [4.78, 5) is 29.0. The zero-order chi connectivity index (χ0) is 22.2. The molecule has 1 saturated heterocycles. The fourth-order valence-electron chi connectivity index (χ4n) is 4.99. The zero-order valence-corrected chi connectivity index (χ0v) is 19.6. The summed E-state index contributed by atoms with van der Waals surface area (Å²) in [7, 11) is 0. The van der Waals surface area contributed by atoms with Gasteiger partial charge in [-0.15, -0.1) is 11.3 Å². The van der Waals surface area contributed by atoms with Crippen LogP contribution in [-0.4, -0.2) is 48.4 Å². The summed E-state index contributed by atoms with van der Waals surface area (Å²) in [5, 5.41) is 8.08. The van der Waals surface area contributed by atoms with Crippen LogP contribution in [0.15, 0.2) is 47.8 Å². The molecule has 1 aliphatic carbocycles. The number of benzene rings is 1. The fourth-order valence-corrected chi connectivity index (χ4v) is 5.62. The Hall–Kier alpha value is -2.18. The Morgan fingerprint density at radius 3 is 2.41 bits per heavy atom. The van der Waals surface area contributed by atoms with Gasteiger partial charge in [-0.2, -0.15) is 0 Å². The molecule has 2 fully saturated rings. The van der Waals surface area contributed by atoms with E-state index in [1.165, 1.54) is 50.0 Å². The van der Waals surface area contributed by atoms with Crippen LogP contribution in [0.25, 0.3) is 0 Å². The molecule has 2 heterocycles. The molecule has 2 N–H and O–H groups in total. The monoisotopic (exact) mass is 453 g/mol. The number of carbonyl (C=O) groups is 2. The van der Waals surface area contributed by atoms with Crippen molar-refractivity contribution in [2.24, 2.45) is 5.92 Å². The number of rotatable bonds is 8. The van der Waals surface area contributed by atoms with Crippen molar-refractivity contribution in [2.75, 3.05) is 19.6 Å². The minimum atomic E-state index is -0.577. The van der Waals surface area contributed by atoms with Crippen LogP contribution in [0.1, 0.15) is 60.2 Å². The molecule has 2 aromatic rings. The van der Waals surface area contributed by atoms with E-state index in [0.717, 1.165) is 37.4 Å². The van der Waals surface area contributed by atoms with Crippen molar-refractivity contribution in [1.82, 2.24) is 15.5 Å². The molecule has 1 aromatic carbocycles. The van der Waals surface area contributed by atoms with E-state index in [1.54, 1.807) is 6.07 Å². The van der Waals surface area contributed by atoms with Crippen LogP contribution in [-0.2, 0) is 11.2 Å². The van der Waals surface area contributed by atoms with E-state index >= 15 is 0 Å². The third-order valence-electron chi connectivity index (χ3n) is 6.82. The highest BCUT2D eigenvalue weighted by atomic mass is 32.1. The molecule has 2 amide bonds. The first-order chi connectivity index (χ1) is 15.7. The summed E-state index contributed by atoms with van der Waals surface area (Å²) in [5.41, 5.74) is 1.04. The van der Waals surface area contributed by atoms with Crippen LogP contribution >= 0.6 is 11.3 Å². The number of likely N-dealkylation sites (tertiary alicyclic amines) is 1.